The molecule has 1 aromatic carbocycles. The first-order valence-electron chi connectivity index (χ1n) is 9.84. The third-order valence-electron chi connectivity index (χ3n) is 5.07. The van der Waals surface area contributed by atoms with Gasteiger partial charge in [-0.05, 0) is 56.4 Å². The summed E-state index contributed by atoms with van der Waals surface area (Å²) in [5.41, 5.74) is 4.86. The van der Waals surface area contributed by atoms with E-state index in [1.165, 1.54) is 16.8 Å². The van der Waals surface area contributed by atoms with Crippen molar-refractivity contribution in [1.82, 2.24) is 15.1 Å². The normalized spacial score (nSPS) is 19.2. The van der Waals surface area contributed by atoms with Gasteiger partial charge in [-0.2, -0.15) is 0 Å². The average molecular weight is 396 g/mol. The predicted molar refractivity (Wildman–Crippen MR) is 123 cm³/mol. The molecule has 0 atom stereocenters. The van der Waals surface area contributed by atoms with Crippen LogP contribution in [0.15, 0.2) is 59.5 Å². The van der Waals surface area contributed by atoms with Crippen LogP contribution in [0.5, 0.6) is 0 Å². The Labute approximate surface area is 173 Å². The van der Waals surface area contributed by atoms with E-state index in [4.69, 9.17) is 12.2 Å². The molecule has 1 aromatic rings. The number of para-hydroxylation sites is 1. The average Bonchev–Trinajstić information content (AvgIpc) is 2.94. The zero-order valence-electron chi connectivity index (χ0n) is 16.5. The molecule has 0 amide bonds. The molecular formula is C22H29N5S. The molecule has 1 fully saturated rings. The number of thiocarbonyl (C=S) groups is 1. The second-order valence-corrected chi connectivity index (χ2v) is 7.29. The smallest absolute Gasteiger partial charge is 0.173 e. The molecule has 0 radical (unpaired) electrons. The first-order valence-corrected chi connectivity index (χ1v) is 10.2. The fourth-order valence-corrected chi connectivity index (χ4v) is 3.85. The molecule has 0 saturated carbocycles. The Balaban J connectivity index is 1.60. The largest absolute Gasteiger partial charge is 0.385 e. The van der Waals surface area contributed by atoms with E-state index in [0.29, 0.717) is 0 Å². The maximum absolute atomic E-state index is 5.66. The fraction of sp³-hybridized carbons (Fsp3) is 0.364. The summed E-state index contributed by atoms with van der Waals surface area (Å²) in [4.78, 5) is 8.48. The van der Waals surface area contributed by atoms with Crippen molar-refractivity contribution in [3.63, 3.8) is 0 Å². The summed E-state index contributed by atoms with van der Waals surface area (Å²) in [6.45, 7) is 10.2. The van der Waals surface area contributed by atoms with Crippen molar-refractivity contribution in [3.8, 4) is 0 Å². The van der Waals surface area contributed by atoms with Crippen LogP contribution in [0.25, 0.3) is 5.57 Å². The molecule has 2 N–H and O–H groups in total. The Morgan fingerprint density at radius 3 is 2.71 bits per heavy atom. The molecule has 0 unspecified atom stereocenters. The molecular weight excluding hydrogens is 366 g/mol. The molecule has 148 valence electrons. The number of benzene rings is 1. The summed E-state index contributed by atoms with van der Waals surface area (Å²) in [5, 5.41) is 7.67. The first kappa shape index (κ1) is 20.1. The molecule has 0 aliphatic carbocycles. The molecule has 3 rings (SSSR count). The fourth-order valence-electron chi connectivity index (χ4n) is 3.61. The third-order valence-corrected chi connectivity index (χ3v) is 5.45. The van der Waals surface area contributed by atoms with E-state index in [2.05, 4.69) is 68.7 Å². The summed E-state index contributed by atoms with van der Waals surface area (Å²) in [6.07, 6.45) is 10.2. The van der Waals surface area contributed by atoms with Crippen LogP contribution in [0, 0.1) is 0 Å². The maximum atomic E-state index is 5.66. The number of fused-ring (bicyclic) bond motifs is 1. The van der Waals surface area contributed by atoms with E-state index in [-0.39, 0.29) is 0 Å². The summed E-state index contributed by atoms with van der Waals surface area (Å²) >= 11 is 5.66. The minimum absolute atomic E-state index is 0.792. The number of nitrogens with one attached hydrogen (secondary N) is 2. The lowest BCUT2D eigenvalue weighted by Gasteiger charge is -2.37. The Bertz CT molecular complexity index is 788. The summed E-state index contributed by atoms with van der Waals surface area (Å²) in [7, 11) is 0. The molecule has 1 saturated heterocycles. The lowest BCUT2D eigenvalue weighted by Crippen LogP contribution is -2.50. The van der Waals surface area contributed by atoms with Gasteiger partial charge < -0.3 is 20.4 Å². The van der Waals surface area contributed by atoms with Gasteiger partial charge in [0.2, 0.25) is 0 Å². The summed E-state index contributed by atoms with van der Waals surface area (Å²) in [6, 6.07) is 8.47. The number of piperazine rings is 1. The zero-order chi connectivity index (χ0) is 19.8. The number of nitrogens with zero attached hydrogens (tertiary/aromatic N) is 3. The highest BCUT2D eigenvalue weighted by Crippen LogP contribution is 2.29. The van der Waals surface area contributed by atoms with Crippen LogP contribution < -0.4 is 10.6 Å². The number of allylic oxidation sites excluding steroid dienone is 3. The molecule has 0 aromatic heterocycles. The molecule has 0 bridgehead atoms. The van der Waals surface area contributed by atoms with Gasteiger partial charge in [0, 0.05) is 56.4 Å². The molecule has 2 aliphatic rings. The summed E-state index contributed by atoms with van der Waals surface area (Å²) in [5.74, 6) is 0. The van der Waals surface area contributed by atoms with Gasteiger partial charge >= 0.3 is 0 Å². The van der Waals surface area contributed by atoms with Crippen molar-refractivity contribution in [2.24, 2.45) is 4.99 Å². The maximum Gasteiger partial charge on any atom is 0.173 e. The predicted octanol–water partition coefficient (Wildman–Crippen LogP) is 3.84. The van der Waals surface area contributed by atoms with E-state index in [0.717, 1.165) is 56.4 Å². The van der Waals surface area contributed by atoms with Crippen molar-refractivity contribution in [2.75, 3.05) is 38.0 Å². The van der Waals surface area contributed by atoms with Crippen LogP contribution in [0.4, 0.5) is 5.69 Å². The first-order chi connectivity index (χ1) is 13.7. The SMILES string of the molecule is C=N/C=C(\C=C/C)N1CCN(C(=S)N/C=C2/CCCNc3ccccc32)CC1. The number of anilines is 1. The van der Waals surface area contributed by atoms with Crippen LogP contribution >= 0.6 is 12.2 Å². The van der Waals surface area contributed by atoms with Gasteiger partial charge in [-0.15, -0.1) is 0 Å². The van der Waals surface area contributed by atoms with Gasteiger partial charge in [0.05, 0.1) is 5.70 Å². The van der Waals surface area contributed by atoms with Gasteiger partial charge in [-0.25, -0.2) is 0 Å². The van der Waals surface area contributed by atoms with Crippen LogP contribution in [0.2, 0.25) is 0 Å². The van der Waals surface area contributed by atoms with Crippen LogP contribution in [-0.2, 0) is 0 Å². The Morgan fingerprint density at radius 2 is 1.96 bits per heavy atom. The quantitative estimate of drug-likeness (QED) is 0.461. The molecule has 5 nitrogen and oxygen atoms in total. The lowest BCUT2D eigenvalue weighted by atomic mass is 10.0. The Hall–Kier alpha value is -2.60. The van der Waals surface area contributed by atoms with Crippen molar-refractivity contribution >= 4 is 35.3 Å². The van der Waals surface area contributed by atoms with Gasteiger partial charge in [0.25, 0.3) is 0 Å². The van der Waals surface area contributed by atoms with E-state index in [1.807, 2.05) is 19.2 Å². The second kappa shape index (κ2) is 10.1. The molecule has 0 spiro atoms. The zero-order valence-corrected chi connectivity index (χ0v) is 17.3. The Morgan fingerprint density at radius 1 is 1.21 bits per heavy atom. The van der Waals surface area contributed by atoms with Crippen molar-refractivity contribution in [1.29, 1.82) is 0 Å². The molecule has 2 aliphatic heterocycles. The van der Waals surface area contributed by atoms with Crippen LogP contribution in [-0.4, -0.2) is 54.4 Å². The van der Waals surface area contributed by atoms with E-state index < -0.39 is 0 Å². The molecule has 6 heteroatoms. The second-order valence-electron chi connectivity index (χ2n) is 6.91. The number of aliphatic imine (C=N–C) groups is 1. The van der Waals surface area contributed by atoms with E-state index in [1.54, 1.807) is 0 Å². The summed E-state index contributed by atoms with van der Waals surface area (Å²) < 4.78 is 0. The van der Waals surface area contributed by atoms with Gasteiger partial charge in [0.15, 0.2) is 5.11 Å². The highest BCUT2D eigenvalue weighted by Gasteiger charge is 2.19. The van der Waals surface area contributed by atoms with E-state index >= 15 is 0 Å². The standard InChI is InChI=1S/C22H29N5S/c1-3-7-19(17-23-2)26-12-14-27(15-13-26)22(28)25-16-18-8-6-11-24-21-10-5-4-9-20(18)21/h3-5,7,9-10,16-17,24H,2,6,8,11-15H2,1H3,(H,25,28)/b7-3-,18-16-,19-17+. The molecule has 28 heavy (non-hydrogen) atoms. The van der Waals surface area contributed by atoms with Gasteiger partial charge in [-0.3, -0.25) is 4.99 Å². The minimum atomic E-state index is 0.792. The number of hydrogen-bond acceptors (Lipinski definition) is 4. The number of hydrogen-bond donors (Lipinski definition) is 2. The van der Waals surface area contributed by atoms with Crippen LogP contribution in [0.1, 0.15) is 25.3 Å². The van der Waals surface area contributed by atoms with E-state index in [9.17, 15) is 0 Å². The van der Waals surface area contributed by atoms with Gasteiger partial charge in [0.1, 0.15) is 0 Å². The highest BCUT2D eigenvalue weighted by atomic mass is 32.1. The molecule has 2 heterocycles. The van der Waals surface area contributed by atoms with Crippen molar-refractivity contribution in [2.45, 2.75) is 19.8 Å². The monoisotopic (exact) mass is 395 g/mol. The third kappa shape index (κ3) is 5.01. The lowest BCUT2D eigenvalue weighted by molar-refractivity contribution is 0.226. The van der Waals surface area contributed by atoms with Crippen molar-refractivity contribution in [3.05, 3.63) is 60.1 Å². The topological polar surface area (TPSA) is 42.9 Å². The Kier molecular flexibility index (Phi) is 7.25. The number of rotatable bonds is 4. The van der Waals surface area contributed by atoms with Gasteiger partial charge in [-0.1, -0.05) is 24.3 Å². The van der Waals surface area contributed by atoms with Crippen molar-refractivity contribution < 1.29 is 0 Å². The minimum Gasteiger partial charge on any atom is -0.385 e. The highest BCUT2D eigenvalue weighted by molar-refractivity contribution is 7.80. The van der Waals surface area contributed by atoms with Crippen LogP contribution in [0.3, 0.4) is 0 Å².